The minimum Gasteiger partial charge on any atom is -0.351 e. The maximum Gasteiger partial charge on any atom is 0.149 e. The third-order valence-electron chi connectivity index (χ3n) is 3.05. The molecule has 2 heterocycles. The van der Waals surface area contributed by atoms with E-state index in [9.17, 15) is 0 Å². The molecule has 0 unspecified atom stereocenters. The molecule has 86 valence electrons. The van der Waals surface area contributed by atoms with Crippen LogP contribution in [0.15, 0.2) is 36.7 Å². The summed E-state index contributed by atoms with van der Waals surface area (Å²) in [6.07, 6.45) is 4.37. The van der Waals surface area contributed by atoms with Crippen molar-refractivity contribution in [1.29, 1.82) is 0 Å². The number of rotatable bonds is 1. The number of nitrogens with zero attached hydrogens (tertiary/aromatic N) is 3. The van der Waals surface area contributed by atoms with Crippen LogP contribution in [0, 0.1) is 0 Å². The quantitative estimate of drug-likeness (QED) is 0.774. The summed E-state index contributed by atoms with van der Waals surface area (Å²) in [5, 5.41) is 0.446. The summed E-state index contributed by atoms with van der Waals surface area (Å²) < 4.78 is 0. The van der Waals surface area contributed by atoms with Crippen molar-refractivity contribution in [2.75, 3.05) is 11.4 Å². The first kappa shape index (κ1) is 10.5. The molecule has 0 spiro atoms. The van der Waals surface area contributed by atoms with Gasteiger partial charge in [-0.3, -0.25) is 4.98 Å². The predicted octanol–water partition coefficient (Wildman–Crippen LogP) is 2.69. The normalized spacial score (nSPS) is 14.5. The van der Waals surface area contributed by atoms with E-state index in [1.807, 2.05) is 0 Å². The molecule has 17 heavy (non-hydrogen) atoms. The Kier molecular flexibility index (Phi) is 2.69. The SMILES string of the molecule is Clc1cncc(N2CCc3ccccc3C2)n1. The predicted molar refractivity (Wildman–Crippen MR) is 68.2 cm³/mol. The zero-order valence-electron chi connectivity index (χ0n) is 9.31. The van der Waals surface area contributed by atoms with Crippen LogP contribution in [0.25, 0.3) is 0 Å². The average molecular weight is 246 g/mol. The monoisotopic (exact) mass is 245 g/mol. The van der Waals surface area contributed by atoms with E-state index in [-0.39, 0.29) is 0 Å². The lowest BCUT2D eigenvalue weighted by Crippen LogP contribution is -2.31. The van der Waals surface area contributed by atoms with Gasteiger partial charge in [-0.1, -0.05) is 35.9 Å². The van der Waals surface area contributed by atoms with Crippen molar-refractivity contribution in [3.63, 3.8) is 0 Å². The van der Waals surface area contributed by atoms with Crippen LogP contribution in [0.5, 0.6) is 0 Å². The van der Waals surface area contributed by atoms with E-state index in [0.29, 0.717) is 5.15 Å². The van der Waals surface area contributed by atoms with Gasteiger partial charge in [-0.25, -0.2) is 4.98 Å². The standard InChI is InChI=1S/C13H12ClN3/c14-12-7-15-8-13(16-12)17-6-5-10-3-1-2-4-11(10)9-17/h1-4,7-8H,5-6,9H2. The second-order valence-corrected chi connectivity index (χ2v) is 4.53. The fourth-order valence-corrected chi connectivity index (χ4v) is 2.32. The van der Waals surface area contributed by atoms with Crippen molar-refractivity contribution in [2.45, 2.75) is 13.0 Å². The summed E-state index contributed by atoms with van der Waals surface area (Å²) in [5.41, 5.74) is 2.79. The van der Waals surface area contributed by atoms with Crippen LogP contribution in [0.2, 0.25) is 5.15 Å². The lowest BCUT2D eigenvalue weighted by Gasteiger charge is -2.29. The van der Waals surface area contributed by atoms with Gasteiger partial charge in [0.15, 0.2) is 0 Å². The minimum absolute atomic E-state index is 0.446. The van der Waals surface area contributed by atoms with Gasteiger partial charge in [0.1, 0.15) is 11.0 Å². The maximum absolute atomic E-state index is 5.86. The number of hydrogen-bond acceptors (Lipinski definition) is 3. The van der Waals surface area contributed by atoms with Crippen LogP contribution >= 0.6 is 11.6 Å². The number of anilines is 1. The van der Waals surface area contributed by atoms with E-state index in [1.54, 1.807) is 12.4 Å². The van der Waals surface area contributed by atoms with Crippen molar-refractivity contribution in [1.82, 2.24) is 9.97 Å². The molecule has 1 aromatic carbocycles. The molecule has 0 saturated heterocycles. The van der Waals surface area contributed by atoms with Crippen LogP contribution in [-0.4, -0.2) is 16.5 Å². The van der Waals surface area contributed by atoms with Crippen molar-refractivity contribution >= 4 is 17.4 Å². The highest BCUT2D eigenvalue weighted by atomic mass is 35.5. The minimum atomic E-state index is 0.446. The van der Waals surface area contributed by atoms with Crippen molar-refractivity contribution in [3.05, 3.63) is 52.9 Å². The zero-order chi connectivity index (χ0) is 11.7. The molecule has 0 fully saturated rings. The molecule has 1 aliphatic heterocycles. The van der Waals surface area contributed by atoms with Crippen LogP contribution in [-0.2, 0) is 13.0 Å². The van der Waals surface area contributed by atoms with Gasteiger partial charge in [0.2, 0.25) is 0 Å². The number of aromatic nitrogens is 2. The Morgan fingerprint density at radius 2 is 1.94 bits per heavy atom. The Hall–Kier alpha value is -1.61. The molecule has 0 saturated carbocycles. The smallest absolute Gasteiger partial charge is 0.149 e. The highest BCUT2D eigenvalue weighted by Gasteiger charge is 2.17. The second-order valence-electron chi connectivity index (χ2n) is 4.14. The Morgan fingerprint density at radius 1 is 1.12 bits per heavy atom. The molecule has 0 amide bonds. The highest BCUT2D eigenvalue weighted by Crippen LogP contribution is 2.23. The van der Waals surface area contributed by atoms with E-state index in [1.165, 1.54) is 11.1 Å². The van der Waals surface area contributed by atoms with Crippen molar-refractivity contribution in [2.24, 2.45) is 0 Å². The summed E-state index contributed by atoms with van der Waals surface area (Å²) in [6.45, 7) is 1.84. The summed E-state index contributed by atoms with van der Waals surface area (Å²) in [7, 11) is 0. The summed E-state index contributed by atoms with van der Waals surface area (Å²) in [4.78, 5) is 10.6. The molecular weight excluding hydrogens is 234 g/mol. The van der Waals surface area contributed by atoms with Gasteiger partial charge < -0.3 is 4.90 Å². The number of fused-ring (bicyclic) bond motifs is 1. The van der Waals surface area contributed by atoms with Crippen molar-refractivity contribution in [3.8, 4) is 0 Å². The molecule has 0 N–H and O–H groups in total. The first-order valence-electron chi connectivity index (χ1n) is 5.62. The molecule has 1 aliphatic rings. The van der Waals surface area contributed by atoms with Gasteiger partial charge in [-0.2, -0.15) is 0 Å². The molecule has 0 atom stereocenters. The zero-order valence-corrected chi connectivity index (χ0v) is 10.1. The topological polar surface area (TPSA) is 29.0 Å². The number of halogens is 1. The molecule has 1 aromatic heterocycles. The molecule has 0 radical (unpaired) electrons. The molecule has 0 bridgehead atoms. The Bertz CT molecular complexity index is 542. The molecule has 3 nitrogen and oxygen atoms in total. The third kappa shape index (κ3) is 2.11. The van der Waals surface area contributed by atoms with Gasteiger partial charge in [0.05, 0.1) is 12.4 Å². The highest BCUT2D eigenvalue weighted by molar-refractivity contribution is 6.29. The van der Waals surface area contributed by atoms with E-state index in [0.717, 1.165) is 25.3 Å². The number of benzene rings is 1. The fourth-order valence-electron chi connectivity index (χ4n) is 2.18. The molecular formula is C13H12ClN3. The molecule has 4 heteroatoms. The summed E-state index contributed by atoms with van der Waals surface area (Å²) in [6, 6.07) is 8.52. The second kappa shape index (κ2) is 4.34. The Labute approximate surface area is 105 Å². The van der Waals surface area contributed by atoms with Crippen LogP contribution in [0.1, 0.15) is 11.1 Å². The largest absolute Gasteiger partial charge is 0.351 e. The van der Waals surface area contributed by atoms with Gasteiger partial charge in [-0.15, -0.1) is 0 Å². The summed E-state index contributed by atoms with van der Waals surface area (Å²) >= 11 is 5.86. The van der Waals surface area contributed by atoms with Gasteiger partial charge in [0.25, 0.3) is 0 Å². The molecule has 2 aromatic rings. The lowest BCUT2D eigenvalue weighted by atomic mass is 10.0. The van der Waals surface area contributed by atoms with Gasteiger partial charge >= 0.3 is 0 Å². The van der Waals surface area contributed by atoms with Gasteiger partial charge in [0, 0.05) is 13.1 Å². The molecule has 0 aliphatic carbocycles. The summed E-state index contributed by atoms with van der Waals surface area (Å²) in [5.74, 6) is 0.854. The van der Waals surface area contributed by atoms with Crippen molar-refractivity contribution < 1.29 is 0 Å². The van der Waals surface area contributed by atoms with Crippen LogP contribution in [0.3, 0.4) is 0 Å². The molecule has 3 rings (SSSR count). The van der Waals surface area contributed by atoms with E-state index in [2.05, 4.69) is 39.1 Å². The van der Waals surface area contributed by atoms with E-state index in [4.69, 9.17) is 11.6 Å². The van der Waals surface area contributed by atoms with Gasteiger partial charge in [-0.05, 0) is 17.5 Å². The average Bonchev–Trinajstić information content (AvgIpc) is 2.38. The first-order valence-corrected chi connectivity index (χ1v) is 6.00. The maximum atomic E-state index is 5.86. The Morgan fingerprint density at radius 3 is 2.76 bits per heavy atom. The Balaban J connectivity index is 1.89. The van der Waals surface area contributed by atoms with Crippen LogP contribution in [0.4, 0.5) is 5.82 Å². The van der Waals surface area contributed by atoms with E-state index < -0.39 is 0 Å². The fraction of sp³-hybridized carbons (Fsp3) is 0.231. The third-order valence-corrected chi connectivity index (χ3v) is 3.23. The van der Waals surface area contributed by atoms with Crippen LogP contribution < -0.4 is 4.90 Å². The van der Waals surface area contributed by atoms with E-state index >= 15 is 0 Å². The first-order chi connectivity index (χ1) is 8.33. The number of hydrogen-bond donors (Lipinski definition) is 0. The lowest BCUT2D eigenvalue weighted by molar-refractivity contribution is 0.718.